The summed E-state index contributed by atoms with van der Waals surface area (Å²) in [6.07, 6.45) is 1.55. The van der Waals surface area contributed by atoms with Gasteiger partial charge in [0.25, 0.3) is 0 Å². The quantitative estimate of drug-likeness (QED) is 0.813. The fourth-order valence-electron chi connectivity index (χ4n) is 2.13. The van der Waals surface area contributed by atoms with Crippen molar-refractivity contribution < 1.29 is 9.53 Å². The molecule has 0 bridgehead atoms. The minimum Gasteiger partial charge on any atom is -0.464 e. The minimum absolute atomic E-state index is 0.361. The number of esters is 1. The number of rotatable bonds is 3. The normalized spacial score (nSPS) is 14.4. The molecule has 1 aliphatic rings. The molecule has 5 nitrogen and oxygen atoms in total. The summed E-state index contributed by atoms with van der Waals surface area (Å²) in [6.45, 7) is 5.77. The van der Waals surface area contributed by atoms with Gasteiger partial charge in [-0.05, 0) is 18.9 Å². The molecular formula is C13H19N3O2. The van der Waals surface area contributed by atoms with Crippen molar-refractivity contribution in [2.75, 3.05) is 13.7 Å². The maximum Gasteiger partial charge on any atom is 0.357 e. The molecule has 98 valence electrons. The molecule has 2 rings (SSSR count). The minimum atomic E-state index is -0.361. The Morgan fingerprint density at radius 3 is 2.89 bits per heavy atom. The number of carbonyl (C=O) groups excluding carboxylic acids is 1. The molecule has 1 aliphatic heterocycles. The van der Waals surface area contributed by atoms with Crippen LogP contribution < -0.4 is 5.32 Å². The third-order valence-electron chi connectivity index (χ3n) is 2.95. The first-order valence-corrected chi connectivity index (χ1v) is 6.29. The maximum absolute atomic E-state index is 11.8. The van der Waals surface area contributed by atoms with Gasteiger partial charge in [0.05, 0.1) is 12.8 Å². The van der Waals surface area contributed by atoms with Gasteiger partial charge in [0, 0.05) is 18.5 Å². The summed E-state index contributed by atoms with van der Waals surface area (Å²) < 4.78 is 4.81. The molecule has 1 N–H and O–H groups in total. The number of hydrogen-bond acceptors (Lipinski definition) is 5. The Hall–Kier alpha value is -1.49. The van der Waals surface area contributed by atoms with Crippen LogP contribution in [0.5, 0.6) is 0 Å². The summed E-state index contributed by atoms with van der Waals surface area (Å²) in [5.74, 6) is 0.832. The Labute approximate surface area is 107 Å². The van der Waals surface area contributed by atoms with Crippen LogP contribution >= 0.6 is 0 Å². The van der Waals surface area contributed by atoms with Crippen LogP contribution in [0, 0.1) is 5.92 Å². The van der Waals surface area contributed by atoms with Gasteiger partial charge in [-0.15, -0.1) is 0 Å². The molecule has 0 amide bonds. The van der Waals surface area contributed by atoms with Gasteiger partial charge in [-0.1, -0.05) is 13.8 Å². The summed E-state index contributed by atoms with van der Waals surface area (Å²) in [4.78, 5) is 20.7. The topological polar surface area (TPSA) is 64.1 Å². The lowest BCUT2D eigenvalue weighted by Crippen LogP contribution is -2.28. The van der Waals surface area contributed by atoms with E-state index >= 15 is 0 Å². The van der Waals surface area contributed by atoms with E-state index < -0.39 is 0 Å². The molecule has 0 aliphatic carbocycles. The molecule has 0 radical (unpaired) electrons. The van der Waals surface area contributed by atoms with Crippen LogP contribution in [-0.4, -0.2) is 29.6 Å². The van der Waals surface area contributed by atoms with E-state index in [1.165, 1.54) is 7.11 Å². The van der Waals surface area contributed by atoms with Gasteiger partial charge in [0.15, 0.2) is 5.69 Å². The maximum atomic E-state index is 11.8. The summed E-state index contributed by atoms with van der Waals surface area (Å²) in [5.41, 5.74) is 2.32. The van der Waals surface area contributed by atoms with Gasteiger partial charge < -0.3 is 10.1 Å². The molecule has 1 aromatic heterocycles. The van der Waals surface area contributed by atoms with Crippen LogP contribution in [0.15, 0.2) is 0 Å². The second-order valence-corrected chi connectivity index (χ2v) is 4.93. The first-order chi connectivity index (χ1) is 8.61. The standard InChI is InChI=1S/C13H19N3O2/c1-8(2)6-11-15-10-7-14-5-4-9(10)12(16-11)13(17)18-3/h8,14H,4-7H2,1-3H3. The second-order valence-electron chi connectivity index (χ2n) is 4.93. The van der Waals surface area contributed by atoms with Crippen molar-refractivity contribution in [3.8, 4) is 0 Å². The van der Waals surface area contributed by atoms with E-state index in [1.807, 2.05) is 0 Å². The molecule has 2 heterocycles. The van der Waals surface area contributed by atoms with Crippen molar-refractivity contribution in [2.45, 2.75) is 33.2 Å². The van der Waals surface area contributed by atoms with E-state index in [0.717, 1.165) is 36.5 Å². The van der Waals surface area contributed by atoms with Crippen LogP contribution in [0.2, 0.25) is 0 Å². The molecule has 0 aromatic carbocycles. The van der Waals surface area contributed by atoms with E-state index in [4.69, 9.17) is 4.74 Å². The Bertz CT molecular complexity index is 458. The van der Waals surface area contributed by atoms with Crippen LogP contribution in [0.3, 0.4) is 0 Å². The highest BCUT2D eigenvalue weighted by atomic mass is 16.5. The molecule has 0 atom stereocenters. The van der Waals surface area contributed by atoms with Crippen molar-refractivity contribution in [3.63, 3.8) is 0 Å². The Morgan fingerprint density at radius 2 is 2.22 bits per heavy atom. The zero-order chi connectivity index (χ0) is 13.1. The number of methoxy groups -OCH3 is 1. The lowest BCUT2D eigenvalue weighted by molar-refractivity contribution is 0.0591. The molecule has 0 saturated carbocycles. The Balaban J connectivity index is 2.44. The number of carbonyl (C=O) groups is 1. The van der Waals surface area contributed by atoms with E-state index in [2.05, 4.69) is 29.1 Å². The fraction of sp³-hybridized carbons (Fsp3) is 0.615. The van der Waals surface area contributed by atoms with Crippen LogP contribution in [0.25, 0.3) is 0 Å². The second kappa shape index (κ2) is 5.44. The highest BCUT2D eigenvalue weighted by Gasteiger charge is 2.22. The van der Waals surface area contributed by atoms with E-state index in [9.17, 15) is 4.79 Å². The number of fused-ring (bicyclic) bond motifs is 1. The first-order valence-electron chi connectivity index (χ1n) is 6.29. The number of nitrogens with one attached hydrogen (secondary N) is 1. The molecule has 0 unspecified atom stereocenters. The molecule has 0 saturated heterocycles. The van der Waals surface area contributed by atoms with E-state index in [-0.39, 0.29) is 5.97 Å². The van der Waals surface area contributed by atoms with Crippen LogP contribution in [-0.2, 0) is 24.1 Å². The third kappa shape index (κ3) is 2.67. The number of hydrogen-bond donors (Lipinski definition) is 1. The highest BCUT2D eigenvalue weighted by Crippen LogP contribution is 2.18. The summed E-state index contributed by atoms with van der Waals surface area (Å²) in [6, 6.07) is 0. The van der Waals surface area contributed by atoms with Gasteiger partial charge in [0.2, 0.25) is 0 Å². The zero-order valence-corrected chi connectivity index (χ0v) is 11.1. The smallest absolute Gasteiger partial charge is 0.357 e. The molecule has 18 heavy (non-hydrogen) atoms. The molecular weight excluding hydrogens is 230 g/mol. The van der Waals surface area contributed by atoms with Crippen molar-refractivity contribution in [3.05, 3.63) is 22.8 Å². The molecule has 5 heteroatoms. The molecule has 0 fully saturated rings. The number of aromatic nitrogens is 2. The van der Waals surface area contributed by atoms with Crippen molar-refractivity contribution in [1.82, 2.24) is 15.3 Å². The lowest BCUT2D eigenvalue weighted by Gasteiger charge is -2.19. The molecule has 1 aromatic rings. The third-order valence-corrected chi connectivity index (χ3v) is 2.95. The fourth-order valence-corrected chi connectivity index (χ4v) is 2.13. The van der Waals surface area contributed by atoms with Crippen LogP contribution in [0.1, 0.15) is 41.4 Å². The number of nitrogens with zero attached hydrogens (tertiary/aromatic N) is 2. The van der Waals surface area contributed by atoms with Crippen molar-refractivity contribution in [2.24, 2.45) is 5.92 Å². The van der Waals surface area contributed by atoms with Gasteiger partial charge >= 0.3 is 5.97 Å². The highest BCUT2D eigenvalue weighted by molar-refractivity contribution is 5.89. The Kier molecular flexibility index (Phi) is 3.91. The van der Waals surface area contributed by atoms with Gasteiger partial charge in [-0.3, -0.25) is 0 Å². The van der Waals surface area contributed by atoms with Crippen molar-refractivity contribution in [1.29, 1.82) is 0 Å². The summed E-state index contributed by atoms with van der Waals surface area (Å²) >= 11 is 0. The predicted molar refractivity (Wildman–Crippen MR) is 67.3 cm³/mol. The van der Waals surface area contributed by atoms with Gasteiger partial charge in [-0.25, -0.2) is 14.8 Å². The summed E-state index contributed by atoms with van der Waals surface area (Å²) in [7, 11) is 1.39. The zero-order valence-electron chi connectivity index (χ0n) is 11.1. The lowest BCUT2D eigenvalue weighted by atomic mass is 10.0. The predicted octanol–water partition coefficient (Wildman–Crippen LogP) is 1.11. The van der Waals surface area contributed by atoms with Gasteiger partial charge in [-0.2, -0.15) is 0 Å². The van der Waals surface area contributed by atoms with Crippen molar-refractivity contribution >= 4 is 5.97 Å². The number of ether oxygens (including phenoxy) is 1. The largest absolute Gasteiger partial charge is 0.464 e. The first kappa shape index (κ1) is 13.0. The van der Waals surface area contributed by atoms with Gasteiger partial charge in [0.1, 0.15) is 5.82 Å². The Morgan fingerprint density at radius 1 is 1.44 bits per heavy atom. The SMILES string of the molecule is COC(=O)c1nc(CC(C)C)nc2c1CCNC2. The molecule has 0 spiro atoms. The average Bonchev–Trinajstić information content (AvgIpc) is 2.36. The van der Waals surface area contributed by atoms with E-state index in [0.29, 0.717) is 18.2 Å². The van der Waals surface area contributed by atoms with Crippen LogP contribution in [0.4, 0.5) is 0 Å². The summed E-state index contributed by atoms with van der Waals surface area (Å²) in [5, 5.41) is 3.26. The van der Waals surface area contributed by atoms with E-state index in [1.54, 1.807) is 0 Å². The monoisotopic (exact) mass is 249 g/mol. The average molecular weight is 249 g/mol.